The molecule has 0 unspecified atom stereocenters. The molecule has 0 radical (unpaired) electrons. The molecule has 0 aliphatic heterocycles. The Bertz CT molecular complexity index is 851. The Morgan fingerprint density at radius 2 is 1.86 bits per heavy atom. The number of nitrogens with one attached hydrogen (secondary N) is 1. The second-order valence-corrected chi connectivity index (χ2v) is 6.74. The summed E-state index contributed by atoms with van der Waals surface area (Å²) in [6, 6.07) is 11.1. The fourth-order valence-corrected chi connectivity index (χ4v) is 2.82. The number of aryl methyl sites for hydroxylation is 1. The normalized spacial score (nSPS) is 10.8. The number of hydrogen-bond acceptors (Lipinski definition) is 5. The van der Waals surface area contributed by atoms with Gasteiger partial charge in [-0.3, -0.25) is 10.2 Å². The Labute approximate surface area is 177 Å². The van der Waals surface area contributed by atoms with E-state index in [0.29, 0.717) is 36.2 Å². The summed E-state index contributed by atoms with van der Waals surface area (Å²) in [4.78, 5) is 13.9. The van der Waals surface area contributed by atoms with Crippen molar-refractivity contribution in [3.8, 4) is 11.5 Å². The Hall–Kier alpha value is -2.73. The highest BCUT2D eigenvalue weighted by Crippen LogP contribution is 2.28. The number of hydrogen-bond donors (Lipinski definition) is 1. The number of amides is 1. The van der Waals surface area contributed by atoms with Crippen LogP contribution in [0.4, 0.5) is 5.69 Å². The van der Waals surface area contributed by atoms with Gasteiger partial charge in [0, 0.05) is 18.1 Å². The second-order valence-electron chi connectivity index (χ2n) is 6.33. The smallest absolute Gasteiger partial charge is 0.260 e. The van der Waals surface area contributed by atoms with Crippen LogP contribution in [0.5, 0.6) is 11.5 Å². The van der Waals surface area contributed by atoms with Crippen LogP contribution in [0.1, 0.15) is 31.9 Å². The van der Waals surface area contributed by atoms with E-state index in [4.69, 9.17) is 21.1 Å². The third kappa shape index (κ3) is 6.68. The van der Waals surface area contributed by atoms with E-state index in [0.717, 1.165) is 16.8 Å². The minimum absolute atomic E-state index is 0.0229. The van der Waals surface area contributed by atoms with Crippen molar-refractivity contribution in [2.24, 2.45) is 5.10 Å². The molecule has 0 aliphatic carbocycles. The van der Waals surface area contributed by atoms with Crippen LogP contribution < -0.4 is 14.9 Å². The van der Waals surface area contributed by atoms with Gasteiger partial charge in [-0.25, -0.2) is 0 Å². The molecule has 0 atom stereocenters. The molecule has 0 saturated heterocycles. The predicted octanol–water partition coefficient (Wildman–Crippen LogP) is 4.74. The third-order valence-corrected chi connectivity index (χ3v) is 4.72. The van der Waals surface area contributed by atoms with Gasteiger partial charge in [-0.2, -0.15) is 5.10 Å². The molecule has 2 aromatic rings. The first-order valence-electron chi connectivity index (χ1n) is 9.71. The van der Waals surface area contributed by atoms with E-state index < -0.39 is 0 Å². The molecular weight excluding hydrogens is 390 g/mol. The van der Waals surface area contributed by atoms with Crippen LogP contribution in [0, 0.1) is 6.92 Å². The summed E-state index contributed by atoms with van der Waals surface area (Å²) in [5, 5.41) is 4.93. The molecule has 2 aromatic carbocycles. The predicted molar refractivity (Wildman–Crippen MR) is 118 cm³/mol. The second kappa shape index (κ2) is 11.3. The average molecular weight is 418 g/mol. The molecule has 29 heavy (non-hydrogen) atoms. The van der Waals surface area contributed by atoms with Crippen LogP contribution in [-0.4, -0.2) is 43.3 Å². The summed E-state index contributed by atoms with van der Waals surface area (Å²) >= 11 is 6.12. The molecule has 0 bridgehead atoms. The van der Waals surface area contributed by atoms with Crippen molar-refractivity contribution in [1.82, 2.24) is 4.90 Å². The Kier molecular flexibility index (Phi) is 8.80. The summed E-state index contributed by atoms with van der Waals surface area (Å²) in [5.41, 5.74) is 5.60. The number of hydrazone groups is 1. The zero-order valence-corrected chi connectivity index (χ0v) is 18.1. The van der Waals surface area contributed by atoms with Gasteiger partial charge in [0.05, 0.1) is 18.5 Å². The molecule has 2 rings (SSSR count). The van der Waals surface area contributed by atoms with Crippen LogP contribution in [-0.2, 0) is 4.79 Å². The van der Waals surface area contributed by atoms with Gasteiger partial charge in [0.1, 0.15) is 0 Å². The molecule has 0 spiro atoms. The van der Waals surface area contributed by atoms with E-state index >= 15 is 0 Å². The number of halogens is 1. The van der Waals surface area contributed by atoms with E-state index in [1.807, 2.05) is 58.0 Å². The highest BCUT2D eigenvalue weighted by Gasteiger charge is 2.12. The molecule has 0 saturated carbocycles. The molecule has 156 valence electrons. The topological polar surface area (TPSA) is 63.2 Å². The monoisotopic (exact) mass is 417 g/mol. The molecule has 0 aliphatic rings. The lowest BCUT2D eigenvalue weighted by Crippen LogP contribution is -2.34. The third-order valence-electron chi connectivity index (χ3n) is 4.31. The van der Waals surface area contributed by atoms with E-state index in [-0.39, 0.29) is 12.5 Å². The Morgan fingerprint density at radius 1 is 1.10 bits per heavy atom. The number of benzene rings is 2. The van der Waals surface area contributed by atoms with Gasteiger partial charge in [0.15, 0.2) is 18.1 Å². The van der Waals surface area contributed by atoms with Gasteiger partial charge in [-0.15, -0.1) is 0 Å². The van der Waals surface area contributed by atoms with Crippen molar-refractivity contribution in [1.29, 1.82) is 0 Å². The van der Waals surface area contributed by atoms with E-state index in [1.54, 1.807) is 17.2 Å². The van der Waals surface area contributed by atoms with Crippen molar-refractivity contribution in [2.45, 2.75) is 27.7 Å². The molecule has 1 N–H and O–H groups in total. The van der Waals surface area contributed by atoms with Gasteiger partial charge in [0.2, 0.25) is 0 Å². The summed E-state index contributed by atoms with van der Waals surface area (Å²) < 4.78 is 11.4. The standard InChI is InChI=1S/C22H28ClN3O3/c1-5-26(6-2)22(27)15-29-20-11-9-17(12-21(20)28-7-3)14-24-25-18-10-8-16(4)19(23)13-18/h8-14,25H,5-7,15H2,1-4H3/b24-14+. The highest BCUT2D eigenvalue weighted by atomic mass is 35.5. The van der Waals surface area contributed by atoms with Gasteiger partial charge < -0.3 is 14.4 Å². The first-order chi connectivity index (χ1) is 14.0. The molecule has 0 heterocycles. The summed E-state index contributed by atoms with van der Waals surface area (Å²) in [6.45, 7) is 9.51. The number of carbonyl (C=O) groups is 1. The minimum atomic E-state index is -0.0518. The Morgan fingerprint density at radius 3 is 2.52 bits per heavy atom. The molecule has 7 heteroatoms. The fourth-order valence-electron chi connectivity index (χ4n) is 2.64. The van der Waals surface area contributed by atoms with E-state index in [2.05, 4.69) is 10.5 Å². The number of ether oxygens (including phenoxy) is 2. The maximum atomic E-state index is 12.2. The average Bonchev–Trinajstić information content (AvgIpc) is 2.71. The van der Waals surface area contributed by atoms with E-state index in [1.165, 1.54) is 0 Å². The van der Waals surface area contributed by atoms with Gasteiger partial charge in [-0.05, 0) is 69.2 Å². The molecule has 0 fully saturated rings. The summed E-state index contributed by atoms with van der Waals surface area (Å²) in [7, 11) is 0. The number of nitrogens with zero attached hydrogens (tertiary/aromatic N) is 2. The lowest BCUT2D eigenvalue weighted by atomic mass is 10.2. The van der Waals surface area contributed by atoms with Crippen LogP contribution in [0.2, 0.25) is 5.02 Å². The first-order valence-corrected chi connectivity index (χ1v) is 10.1. The fraction of sp³-hybridized carbons (Fsp3) is 0.364. The molecule has 1 amide bonds. The van der Waals surface area contributed by atoms with Crippen molar-refractivity contribution in [3.05, 3.63) is 52.5 Å². The lowest BCUT2D eigenvalue weighted by molar-refractivity contribution is -0.132. The zero-order valence-electron chi connectivity index (χ0n) is 17.4. The Balaban J connectivity index is 2.05. The lowest BCUT2D eigenvalue weighted by Gasteiger charge is -2.19. The van der Waals surface area contributed by atoms with Crippen molar-refractivity contribution >= 4 is 29.4 Å². The zero-order chi connectivity index (χ0) is 21.2. The van der Waals surface area contributed by atoms with E-state index in [9.17, 15) is 4.79 Å². The SMILES string of the molecule is CCOc1cc(/C=N/Nc2ccc(C)c(Cl)c2)ccc1OCC(=O)N(CC)CC. The van der Waals surface area contributed by atoms with Crippen molar-refractivity contribution in [2.75, 3.05) is 31.7 Å². The highest BCUT2D eigenvalue weighted by molar-refractivity contribution is 6.31. The van der Waals surface area contributed by atoms with Crippen LogP contribution in [0.15, 0.2) is 41.5 Å². The molecule has 0 aromatic heterocycles. The number of likely N-dealkylation sites (N-methyl/N-ethyl adjacent to an activating group) is 1. The van der Waals surface area contributed by atoms with Crippen LogP contribution in [0.3, 0.4) is 0 Å². The van der Waals surface area contributed by atoms with Crippen molar-refractivity contribution in [3.63, 3.8) is 0 Å². The number of rotatable bonds is 10. The summed E-state index contributed by atoms with van der Waals surface area (Å²) in [5.74, 6) is 1.05. The van der Waals surface area contributed by atoms with Crippen LogP contribution >= 0.6 is 11.6 Å². The maximum Gasteiger partial charge on any atom is 0.260 e. The minimum Gasteiger partial charge on any atom is -0.490 e. The van der Waals surface area contributed by atoms with Gasteiger partial charge in [-0.1, -0.05) is 17.7 Å². The van der Waals surface area contributed by atoms with Crippen molar-refractivity contribution < 1.29 is 14.3 Å². The summed E-state index contributed by atoms with van der Waals surface area (Å²) in [6.07, 6.45) is 1.68. The molecule has 6 nitrogen and oxygen atoms in total. The number of anilines is 1. The number of carbonyl (C=O) groups excluding carboxylic acids is 1. The molecular formula is C22H28ClN3O3. The quantitative estimate of drug-likeness (QED) is 0.448. The maximum absolute atomic E-state index is 12.2. The van der Waals surface area contributed by atoms with Gasteiger partial charge >= 0.3 is 0 Å². The largest absolute Gasteiger partial charge is 0.490 e. The van der Waals surface area contributed by atoms with Gasteiger partial charge in [0.25, 0.3) is 5.91 Å². The van der Waals surface area contributed by atoms with Crippen LogP contribution in [0.25, 0.3) is 0 Å². The first kappa shape index (κ1) is 22.6.